The predicted molar refractivity (Wildman–Crippen MR) is 75.9 cm³/mol. The van der Waals surface area contributed by atoms with Crippen molar-refractivity contribution >= 4 is 11.9 Å². The van der Waals surface area contributed by atoms with E-state index in [-0.39, 0.29) is 24.2 Å². The van der Waals surface area contributed by atoms with E-state index >= 15 is 0 Å². The Kier molecular flexibility index (Phi) is 6.37. The summed E-state index contributed by atoms with van der Waals surface area (Å²) in [4.78, 5) is 24.7. The van der Waals surface area contributed by atoms with E-state index in [4.69, 9.17) is 5.73 Å². The number of esters is 1. The number of carbonyl (C=O) groups excluding carboxylic acids is 2. The van der Waals surface area contributed by atoms with Crippen LogP contribution in [0.25, 0.3) is 0 Å². The van der Waals surface area contributed by atoms with Crippen LogP contribution in [0.1, 0.15) is 22.8 Å². The van der Waals surface area contributed by atoms with Gasteiger partial charge in [0, 0.05) is 12.1 Å². The highest BCUT2D eigenvalue weighted by atomic mass is 19.1. The van der Waals surface area contributed by atoms with Gasteiger partial charge in [0.1, 0.15) is 12.4 Å². The first kappa shape index (κ1) is 16.7. The van der Waals surface area contributed by atoms with Crippen molar-refractivity contribution in [3.8, 4) is 11.8 Å². The second-order valence-electron chi connectivity index (χ2n) is 4.10. The highest BCUT2D eigenvalue weighted by Crippen LogP contribution is 2.12. The number of nitrogens with zero attached hydrogens (tertiary/aromatic N) is 1. The molecule has 0 unspecified atom stereocenters. The molecule has 5 nitrogen and oxygen atoms in total. The quantitative estimate of drug-likeness (QED) is 0.657. The summed E-state index contributed by atoms with van der Waals surface area (Å²) in [5.74, 6) is 3.54. The van der Waals surface area contributed by atoms with Crippen molar-refractivity contribution < 1.29 is 18.7 Å². The van der Waals surface area contributed by atoms with Gasteiger partial charge in [-0.15, -0.1) is 0 Å². The Morgan fingerprint density at radius 3 is 2.67 bits per heavy atom. The lowest BCUT2D eigenvalue weighted by Gasteiger charge is -2.19. The number of nitrogens with two attached hydrogens (primary N) is 1. The molecule has 1 amide bonds. The molecular weight excluding hydrogens is 275 g/mol. The summed E-state index contributed by atoms with van der Waals surface area (Å²) in [5.41, 5.74) is 5.54. The Morgan fingerprint density at radius 2 is 2.14 bits per heavy atom. The minimum Gasteiger partial charge on any atom is -0.468 e. The fraction of sp³-hybridized carbons (Fsp3) is 0.333. The summed E-state index contributed by atoms with van der Waals surface area (Å²) < 4.78 is 18.3. The molecule has 0 radical (unpaired) electrons. The van der Waals surface area contributed by atoms with Gasteiger partial charge in [0.05, 0.1) is 19.2 Å². The summed E-state index contributed by atoms with van der Waals surface area (Å²) in [6, 6.07) is 3.98. The summed E-state index contributed by atoms with van der Waals surface area (Å²) in [5, 5.41) is 0. The zero-order chi connectivity index (χ0) is 15.8. The molecule has 112 valence electrons. The third kappa shape index (κ3) is 4.58. The highest BCUT2D eigenvalue weighted by Gasteiger charge is 2.18. The van der Waals surface area contributed by atoms with Crippen molar-refractivity contribution in [1.82, 2.24) is 4.90 Å². The Labute approximate surface area is 122 Å². The van der Waals surface area contributed by atoms with Crippen molar-refractivity contribution in [1.29, 1.82) is 0 Å². The van der Waals surface area contributed by atoms with Crippen molar-refractivity contribution in [2.45, 2.75) is 6.92 Å². The summed E-state index contributed by atoms with van der Waals surface area (Å²) >= 11 is 0. The molecule has 2 N–H and O–H groups in total. The van der Waals surface area contributed by atoms with Gasteiger partial charge in [-0.1, -0.05) is 11.8 Å². The maximum atomic E-state index is 13.8. The third-order valence-electron chi connectivity index (χ3n) is 2.76. The second-order valence-corrected chi connectivity index (χ2v) is 4.10. The van der Waals surface area contributed by atoms with Crippen LogP contribution in [0.4, 0.5) is 4.39 Å². The minimum atomic E-state index is -0.601. The van der Waals surface area contributed by atoms with Gasteiger partial charge in [-0.05, 0) is 25.1 Å². The molecular formula is C15H17FN2O3. The first-order valence-electron chi connectivity index (χ1n) is 6.38. The number of hydrogen-bond acceptors (Lipinski definition) is 4. The summed E-state index contributed by atoms with van der Waals surface area (Å²) in [6.07, 6.45) is 0. The van der Waals surface area contributed by atoms with Gasteiger partial charge in [-0.3, -0.25) is 9.59 Å². The van der Waals surface area contributed by atoms with Crippen molar-refractivity contribution in [3.05, 3.63) is 35.1 Å². The Morgan fingerprint density at radius 1 is 1.43 bits per heavy atom. The first-order valence-corrected chi connectivity index (χ1v) is 6.38. The number of amides is 1. The number of carbonyl (C=O) groups is 2. The molecule has 1 aromatic rings. The standard InChI is InChI=1S/C15H17FN2O3/c1-3-18(10-14(19)21-2)15(20)12-7-6-11(5-4-8-17)13(16)9-12/h6-7,9H,3,8,10,17H2,1-2H3. The van der Waals surface area contributed by atoms with Gasteiger partial charge >= 0.3 is 5.97 Å². The monoisotopic (exact) mass is 292 g/mol. The van der Waals surface area contributed by atoms with E-state index in [1.54, 1.807) is 6.92 Å². The number of hydrogen-bond donors (Lipinski definition) is 1. The van der Waals surface area contributed by atoms with Gasteiger partial charge in [-0.25, -0.2) is 4.39 Å². The second kappa shape index (κ2) is 8.02. The zero-order valence-corrected chi connectivity index (χ0v) is 12.0. The van der Waals surface area contributed by atoms with E-state index in [0.29, 0.717) is 6.54 Å². The summed E-state index contributed by atoms with van der Waals surface area (Å²) in [6.45, 7) is 1.98. The number of ether oxygens (including phenoxy) is 1. The molecule has 0 saturated carbocycles. The molecule has 0 atom stereocenters. The van der Waals surface area contributed by atoms with E-state index in [1.165, 1.54) is 24.1 Å². The minimum absolute atomic E-state index is 0.128. The molecule has 0 aliphatic carbocycles. The molecule has 1 aromatic carbocycles. The maximum absolute atomic E-state index is 13.8. The van der Waals surface area contributed by atoms with Gasteiger partial charge in [0.2, 0.25) is 0 Å². The van der Waals surface area contributed by atoms with Gasteiger partial charge < -0.3 is 15.4 Å². The van der Waals surface area contributed by atoms with E-state index in [0.717, 1.165) is 6.07 Å². The van der Waals surface area contributed by atoms with Crippen LogP contribution >= 0.6 is 0 Å². The molecule has 0 saturated heterocycles. The van der Waals surface area contributed by atoms with Gasteiger partial charge in [0.15, 0.2) is 0 Å². The van der Waals surface area contributed by atoms with Gasteiger partial charge in [-0.2, -0.15) is 0 Å². The van der Waals surface area contributed by atoms with Crippen LogP contribution in [-0.4, -0.2) is 43.5 Å². The van der Waals surface area contributed by atoms with E-state index in [1.807, 2.05) is 0 Å². The molecule has 6 heteroatoms. The Hall–Kier alpha value is -2.39. The first-order chi connectivity index (χ1) is 10.0. The lowest BCUT2D eigenvalue weighted by molar-refractivity contribution is -0.141. The Balaban J connectivity index is 2.96. The van der Waals surface area contributed by atoms with Crippen LogP contribution in [0.2, 0.25) is 0 Å². The molecule has 0 aliphatic rings. The molecule has 0 aliphatic heterocycles. The molecule has 0 heterocycles. The maximum Gasteiger partial charge on any atom is 0.325 e. The zero-order valence-electron chi connectivity index (χ0n) is 12.0. The number of benzene rings is 1. The predicted octanol–water partition coefficient (Wildman–Crippen LogP) is 0.771. The molecule has 1 rings (SSSR count). The largest absolute Gasteiger partial charge is 0.468 e. The van der Waals surface area contributed by atoms with Crippen molar-refractivity contribution in [2.24, 2.45) is 5.73 Å². The van der Waals surface area contributed by atoms with E-state index in [2.05, 4.69) is 16.6 Å². The van der Waals surface area contributed by atoms with Gasteiger partial charge in [0.25, 0.3) is 5.91 Å². The average molecular weight is 292 g/mol. The van der Waals surface area contributed by atoms with Crippen LogP contribution < -0.4 is 5.73 Å². The average Bonchev–Trinajstić information content (AvgIpc) is 2.50. The van der Waals surface area contributed by atoms with Crippen LogP contribution in [0, 0.1) is 17.7 Å². The number of likely N-dealkylation sites (N-methyl/N-ethyl adjacent to an activating group) is 1. The molecule has 0 spiro atoms. The fourth-order valence-electron chi connectivity index (χ4n) is 1.63. The molecule has 0 aromatic heterocycles. The number of rotatable bonds is 4. The van der Waals surface area contributed by atoms with Crippen LogP contribution in [0.15, 0.2) is 18.2 Å². The molecule has 21 heavy (non-hydrogen) atoms. The van der Waals surface area contributed by atoms with E-state index in [9.17, 15) is 14.0 Å². The molecule has 0 fully saturated rings. The number of halogens is 1. The third-order valence-corrected chi connectivity index (χ3v) is 2.76. The SMILES string of the molecule is CCN(CC(=O)OC)C(=O)c1ccc(C#CCN)c(F)c1. The Bertz CT molecular complexity index is 590. The van der Waals surface area contributed by atoms with Crippen LogP contribution in [0.5, 0.6) is 0 Å². The van der Waals surface area contributed by atoms with Crippen LogP contribution in [-0.2, 0) is 9.53 Å². The molecule has 0 bridgehead atoms. The number of methoxy groups -OCH3 is 1. The van der Waals surface area contributed by atoms with Crippen molar-refractivity contribution in [2.75, 3.05) is 26.7 Å². The smallest absolute Gasteiger partial charge is 0.325 e. The lowest BCUT2D eigenvalue weighted by atomic mass is 10.1. The summed E-state index contributed by atoms with van der Waals surface area (Å²) in [7, 11) is 1.24. The highest BCUT2D eigenvalue weighted by molar-refractivity contribution is 5.96. The lowest BCUT2D eigenvalue weighted by Crippen LogP contribution is -2.36. The normalized spacial score (nSPS) is 9.52. The topological polar surface area (TPSA) is 72.6 Å². The van der Waals surface area contributed by atoms with E-state index < -0.39 is 17.7 Å². The fourth-order valence-corrected chi connectivity index (χ4v) is 1.63. The van der Waals surface area contributed by atoms with Crippen LogP contribution in [0.3, 0.4) is 0 Å². The van der Waals surface area contributed by atoms with Crippen molar-refractivity contribution in [3.63, 3.8) is 0 Å².